The number of H-pyrrole nitrogens is 1. The van der Waals surface area contributed by atoms with Crippen molar-refractivity contribution in [1.82, 2.24) is 9.88 Å². The second-order valence-electron chi connectivity index (χ2n) is 6.40. The number of fused-ring (bicyclic) bond motifs is 6. The molecule has 0 saturated carbocycles. The van der Waals surface area contributed by atoms with Gasteiger partial charge in [-0.15, -0.1) is 0 Å². The number of benzene rings is 2. The largest absolute Gasteiger partial charge is 0.497 e. The fourth-order valence-corrected chi connectivity index (χ4v) is 3.78. The Bertz CT molecular complexity index is 1020. The number of nitrogen functional groups attached to an aromatic ring is 1. The molecule has 25 heavy (non-hydrogen) atoms. The van der Waals surface area contributed by atoms with Crippen LogP contribution in [0.5, 0.6) is 11.5 Å². The Hall–Kier alpha value is -3.15. The van der Waals surface area contributed by atoms with Crippen LogP contribution in [0.1, 0.15) is 27.8 Å². The van der Waals surface area contributed by atoms with Crippen molar-refractivity contribution in [2.75, 3.05) is 19.4 Å². The van der Waals surface area contributed by atoms with Gasteiger partial charge in [-0.2, -0.15) is 0 Å². The molecule has 5 rings (SSSR count). The topological polar surface area (TPSA) is 80.6 Å². The Balaban J connectivity index is 1.66. The van der Waals surface area contributed by atoms with Crippen LogP contribution in [0.3, 0.4) is 0 Å². The number of nitrogens with two attached hydrogens (primary N) is 1. The fraction of sp³-hybridized carbons (Fsp3) is 0.211. The minimum atomic E-state index is -0.455. The molecule has 0 saturated heterocycles. The van der Waals surface area contributed by atoms with E-state index in [1.165, 1.54) is 5.56 Å². The molecule has 1 unspecified atom stereocenters. The molecule has 0 spiro atoms. The molecular formula is C19H17N3O3. The number of rotatable bonds is 1. The van der Waals surface area contributed by atoms with E-state index in [0.29, 0.717) is 23.5 Å². The Morgan fingerprint density at radius 1 is 1.28 bits per heavy atom. The van der Waals surface area contributed by atoms with Gasteiger partial charge in [0.2, 0.25) is 6.23 Å². The Labute approximate surface area is 144 Å². The van der Waals surface area contributed by atoms with Crippen molar-refractivity contribution < 1.29 is 14.3 Å². The van der Waals surface area contributed by atoms with Crippen LogP contribution in [0.2, 0.25) is 0 Å². The number of anilines is 1. The van der Waals surface area contributed by atoms with E-state index in [0.717, 1.165) is 28.8 Å². The molecule has 2 aromatic carbocycles. The first kappa shape index (κ1) is 14.2. The van der Waals surface area contributed by atoms with Crippen molar-refractivity contribution in [3.05, 3.63) is 53.2 Å². The summed E-state index contributed by atoms with van der Waals surface area (Å²) >= 11 is 0. The molecule has 0 radical (unpaired) electrons. The molecule has 6 nitrogen and oxygen atoms in total. The van der Waals surface area contributed by atoms with Crippen LogP contribution in [0.15, 0.2) is 36.4 Å². The maximum atomic E-state index is 12.9. The summed E-state index contributed by atoms with van der Waals surface area (Å²) in [6.07, 6.45) is 0.322. The van der Waals surface area contributed by atoms with E-state index in [1.807, 2.05) is 18.2 Å². The van der Waals surface area contributed by atoms with E-state index in [9.17, 15) is 4.79 Å². The lowest BCUT2D eigenvalue weighted by Gasteiger charge is -2.39. The summed E-state index contributed by atoms with van der Waals surface area (Å²) in [5, 5.41) is 1.11. The molecule has 0 aliphatic carbocycles. The second-order valence-corrected chi connectivity index (χ2v) is 6.40. The number of hydrogen-bond donors (Lipinski definition) is 2. The van der Waals surface area contributed by atoms with E-state index in [1.54, 1.807) is 30.2 Å². The van der Waals surface area contributed by atoms with Gasteiger partial charge in [-0.25, -0.2) is 0 Å². The molecule has 0 fully saturated rings. The summed E-state index contributed by atoms with van der Waals surface area (Å²) < 4.78 is 11.5. The van der Waals surface area contributed by atoms with Crippen LogP contribution >= 0.6 is 0 Å². The molecule has 3 heterocycles. The van der Waals surface area contributed by atoms with Gasteiger partial charge in [0.15, 0.2) is 0 Å². The SMILES string of the molecule is COc1ccc2[nH]c3c(c2c1)CCN1C(=O)c2ccc(N)cc2OC31. The summed E-state index contributed by atoms with van der Waals surface area (Å²) in [7, 11) is 1.66. The van der Waals surface area contributed by atoms with Gasteiger partial charge in [-0.05, 0) is 42.3 Å². The number of aromatic amines is 1. The van der Waals surface area contributed by atoms with Crippen molar-refractivity contribution in [2.45, 2.75) is 12.6 Å². The van der Waals surface area contributed by atoms with Gasteiger partial charge in [0.1, 0.15) is 11.5 Å². The summed E-state index contributed by atoms with van der Waals surface area (Å²) in [4.78, 5) is 18.1. The highest BCUT2D eigenvalue weighted by molar-refractivity contribution is 5.99. The predicted molar refractivity (Wildman–Crippen MR) is 93.8 cm³/mol. The van der Waals surface area contributed by atoms with E-state index >= 15 is 0 Å². The van der Waals surface area contributed by atoms with Gasteiger partial charge < -0.3 is 20.2 Å². The minimum Gasteiger partial charge on any atom is -0.497 e. The van der Waals surface area contributed by atoms with Crippen molar-refractivity contribution in [3.8, 4) is 11.5 Å². The lowest BCUT2D eigenvalue weighted by molar-refractivity contribution is 0.00207. The molecule has 2 aliphatic heterocycles. The molecule has 1 aromatic heterocycles. The zero-order chi connectivity index (χ0) is 17.1. The zero-order valence-electron chi connectivity index (χ0n) is 13.7. The first-order chi connectivity index (χ1) is 12.2. The van der Waals surface area contributed by atoms with Crippen LogP contribution in [-0.4, -0.2) is 29.4 Å². The highest BCUT2D eigenvalue weighted by Gasteiger charge is 2.40. The third kappa shape index (κ3) is 1.94. The van der Waals surface area contributed by atoms with E-state index in [2.05, 4.69) is 4.98 Å². The van der Waals surface area contributed by atoms with Crippen LogP contribution in [0, 0.1) is 0 Å². The maximum absolute atomic E-state index is 12.9. The van der Waals surface area contributed by atoms with Gasteiger partial charge in [0.05, 0.1) is 18.4 Å². The lowest BCUT2D eigenvalue weighted by Crippen LogP contribution is -2.45. The number of hydrogen-bond acceptors (Lipinski definition) is 4. The molecule has 2 aliphatic rings. The number of carbonyl (C=O) groups is 1. The fourth-order valence-electron chi connectivity index (χ4n) is 3.78. The second kappa shape index (κ2) is 4.92. The quantitative estimate of drug-likeness (QED) is 0.670. The van der Waals surface area contributed by atoms with Gasteiger partial charge in [0, 0.05) is 29.2 Å². The van der Waals surface area contributed by atoms with Crippen molar-refractivity contribution >= 4 is 22.5 Å². The van der Waals surface area contributed by atoms with Gasteiger partial charge in [0.25, 0.3) is 5.91 Å². The highest BCUT2D eigenvalue weighted by Crippen LogP contribution is 2.42. The number of methoxy groups -OCH3 is 1. The standard InChI is InChI=1S/C19H17N3O3/c1-24-11-3-5-15-14(9-11)12-6-7-22-18(23)13-4-2-10(20)8-16(13)25-19(22)17(12)21-15/h2-5,8-9,19,21H,6-7,20H2,1H3. The number of nitrogens with zero attached hydrogens (tertiary/aromatic N) is 1. The Morgan fingerprint density at radius 2 is 2.16 bits per heavy atom. The van der Waals surface area contributed by atoms with E-state index in [4.69, 9.17) is 15.2 Å². The summed E-state index contributed by atoms with van der Waals surface area (Å²) in [6, 6.07) is 11.1. The molecule has 1 amide bonds. The van der Waals surface area contributed by atoms with Gasteiger partial charge in [-0.1, -0.05) is 0 Å². The minimum absolute atomic E-state index is 0.0202. The molecule has 3 N–H and O–H groups in total. The van der Waals surface area contributed by atoms with Gasteiger partial charge >= 0.3 is 0 Å². The third-order valence-electron chi connectivity index (χ3n) is 5.01. The van der Waals surface area contributed by atoms with Crippen molar-refractivity contribution in [2.24, 2.45) is 0 Å². The average Bonchev–Trinajstić information content (AvgIpc) is 3.00. The first-order valence-corrected chi connectivity index (χ1v) is 8.21. The monoisotopic (exact) mass is 335 g/mol. The van der Waals surface area contributed by atoms with Crippen LogP contribution in [0.4, 0.5) is 5.69 Å². The Morgan fingerprint density at radius 3 is 3.00 bits per heavy atom. The first-order valence-electron chi connectivity index (χ1n) is 8.21. The molecular weight excluding hydrogens is 318 g/mol. The van der Waals surface area contributed by atoms with E-state index < -0.39 is 6.23 Å². The summed E-state index contributed by atoms with van der Waals surface area (Å²) in [6.45, 7) is 0.616. The average molecular weight is 335 g/mol. The van der Waals surface area contributed by atoms with Crippen LogP contribution in [-0.2, 0) is 6.42 Å². The molecule has 0 bridgehead atoms. The summed E-state index contributed by atoms with van der Waals surface area (Å²) in [5.41, 5.74) is 10.1. The van der Waals surface area contributed by atoms with Crippen LogP contribution < -0.4 is 15.2 Å². The predicted octanol–water partition coefficient (Wildman–Crippen LogP) is 2.85. The normalized spacial score (nSPS) is 18.4. The Kier molecular flexibility index (Phi) is 2.80. The number of nitrogens with one attached hydrogen (secondary N) is 1. The highest BCUT2D eigenvalue weighted by atomic mass is 16.5. The van der Waals surface area contributed by atoms with Crippen molar-refractivity contribution in [3.63, 3.8) is 0 Å². The molecule has 6 heteroatoms. The third-order valence-corrected chi connectivity index (χ3v) is 5.01. The van der Waals surface area contributed by atoms with Crippen molar-refractivity contribution in [1.29, 1.82) is 0 Å². The number of carbonyl (C=O) groups excluding carboxylic acids is 1. The summed E-state index contributed by atoms with van der Waals surface area (Å²) in [5.74, 6) is 1.33. The number of amides is 1. The smallest absolute Gasteiger partial charge is 0.260 e. The van der Waals surface area contributed by atoms with E-state index in [-0.39, 0.29) is 5.91 Å². The number of aromatic nitrogens is 1. The molecule has 1 atom stereocenters. The zero-order valence-corrected chi connectivity index (χ0v) is 13.7. The molecule has 126 valence electrons. The number of ether oxygens (including phenoxy) is 2. The maximum Gasteiger partial charge on any atom is 0.260 e. The van der Waals surface area contributed by atoms with Crippen LogP contribution in [0.25, 0.3) is 10.9 Å². The molecule has 3 aromatic rings. The van der Waals surface area contributed by atoms with Gasteiger partial charge in [-0.3, -0.25) is 9.69 Å². The lowest BCUT2D eigenvalue weighted by atomic mass is 9.99.